The van der Waals surface area contributed by atoms with Gasteiger partial charge in [-0.15, -0.1) is 0 Å². The lowest BCUT2D eigenvalue weighted by molar-refractivity contribution is -0.348. The Hall–Kier alpha value is -3.15. The van der Waals surface area contributed by atoms with Crippen LogP contribution in [0.3, 0.4) is 0 Å². The molecule has 0 saturated carbocycles. The van der Waals surface area contributed by atoms with Gasteiger partial charge in [-0.25, -0.2) is 4.39 Å². The zero-order valence-corrected chi connectivity index (χ0v) is 24.4. The van der Waals surface area contributed by atoms with E-state index in [9.17, 15) is 53.9 Å². The molecule has 1 fully saturated rings. The summed E-state index contributed by atoms with van der Waals surface area (Å²) in [6.07, 6.45) is -13.1. The first-order chi connectivity index (χ1) is 19.8. The van der Waals surface area contributed by atoms with Gasteiger partial charge in [0.2, 0.25) is 0 Å². The summed E-state index contributed by atoms with van der Waals surface area (Å²) in [5.74, 6) is -2.83. The second-order valence-corrected chi connectivity index (χ2v) is 11.1. The summed E-state index contributed by atoms with van der Waals surface area (Å²) in [4.78, 5) is 41.6. The van der Waals surface area contributed by atoms with E-state index in [0.29, 0.717) is 29.5 Å². The summed E-state index contributed by atoms with van der Waals surface area (Å²) in [5.41, 5.74) is -9.03. The number of alkyl halides is 9. The van der Waals surface area contributed by atoms with Crippen LogP contribution in [0.1, 0.15) is 15.9 Å². The fourth-order valence-corrected chi connectivity index (χ4v) is 5.69. The molecule has 3 amide bonds. The summed E-state index contributed by atoms with van der Waals surface area (Å²) >= 11 is 4.26. The van der Waals surface area contributed by atoms with Crippen LogP contribution in [-0.4, -0.2) is 80.3 Å². The highest BCUT2D eigenvalue weighted by Crippen LogP contribution is 2.55. The van der Waals surface area contributed by atoms with Crippen molar-refractivity contribution < 1.29 is 58.6 Å². The van der Waals surface area contributed by atoms with Crippen molar-refractivity contribution in [1.29, 1.82) is 0 Å². The molecule has 236 valence electrons. The number of halogens is 10. The zero-order valence-electron chi connectivity index (χ0n) is 22.0. The molecule has 0 atom stereocenters. The van der Waals surface area contributed by atoms with Gasteiger partial charge in [-0.05, 0) is 46.3 Å². The third-order valence-corrected chi connectivity index (χ3v) is 7.88. The maximum absolute atomic E-state index is 14.7. The molecule has 2 aromatic rings. The van der Waals surface area contributed by atoms with Gasteiger partial charge in [-0.1, -0.05) is 6.07 Å². The Kier molecular flexibility index (Phi) is 10.3. The summed E-state index contributed by atoms with van der Waals surface area (Å²) in [5, 5.41) is 0. The molecule has 1 aliphatic heterocycles. The smallest absolute Gasteiger partial charge is 0.433 e. The number of likely N-dealkylation sites (N-methyl/N-ethyl adjacent to an activating group) is 1. The molecule has 2 aromatic carbocycles. The number of anilines is 2. The predicted octanol–water partition coefficient (Wildman–Crippen LogP) is 6.15. The van der Waals surface area contributed by atoms with Crippen LogP contribution in [0.5, 0.6) is 5.75 Å². The molecule has 0 unspecified atom stereocenters. The van der Waals surface area contributed by atoms with E-state index >= 15 is 0 Å². The van der Waals surface area contributed by atoms with E-state index in [1.54, 1.807) is 11.8 Å². The minimum Gasteiger partial charge on any atom is -0.433 e. The molecule has 7 nitrogen and oxygen atoms in total. The first kappa shape index (κ1) is 34.3. The largest absolute Gasteiger partial charge is 0.435 e. The van der Waals surface area contributed by atoms with Crippen molar-refractivity contribution >= 4 is 56.8 Å². The Balaban J connectivity index is 2.00. The first-order valence-electron chi connectivity index (χ1n) is 11.9. The Morgan fingerprint density at radius 1 is 0.930 bits per heavy atom. The standard InChI is InChI=1S/C25H21BrF9N3O4S/c1-36(20(40)21(41)38-6-8-43-9-7-38)15-5-3-4-13(10-15)19(39)37(2)18-16(26)11-14(12-17(18)42-22(27)28)23(29,24(30,31)32)25(33,34)35/h3-5,10-12,22H,6-9H2,1-2H3. The second-order valence-electron chi connectivity index (χ2n) is 9.02. The van der Waals surface area contributed by atoms with Crippen molar-refractivity contribution in [2.45, 2.75) is 24.6 Å². The third kappa shape index (κ3) is 6.99. The summed E-state index contributed by atoms with van der Waals surface area (Å²) in [6, 6.07) is 4.86. The van der Waals surface area contributed by atoms with Crippen molar-refractivity contribution in [3.8, 4) is 5.75 Å². The van der Waals surface area contributed by atoms with E-state index in [4.69, 9.17) is 0 Å². The predicted molar refractivity (Wildman–Crippen MR) is 142 cm³/mol. The number of carbonyl (C=O) groups excluding carboxylic acids is 3. The highest BCUT2D eigenvalue weighted by atomic mass is 79.9. The molecule has 0 bridgehead atoms. The van der Waals surface area contributed by atoms with Gasteiger partial charge in [0.15, 0.2) is 5.75 Å². The average molecular weight is 710 g/mol. The van der Waals surface area contributed by atoms with Crippen LogP contribution in [0, 0.1) is 0 Å². The molecule has 3 rings (SSSR count). The number of thioether (sulfide) groups is 1. The van der Waals surface area contributed by atoms with Gasteiger partial charge < -0.3 is 19.4 Å². The highest BCUT2D eigenvalue weighted by molar-refractivity contribution is 9.10. The molecule has 0 radical (unpaired) electrons. The molecular formula is C25H21BrF9N3O4S. The second kappa shape index (κ2) is 12.8. The highest BCUT2D eigenvalue weighted by Gasteiger charge is 2.73. The molecule has 0 N–H and O–H groups in total. The van der Waals surface area contributed by atoms with Crippen molar-refractivity contribution in [3.63, 3.8) is 0 Å². The number of hydrogen-bond donors (Lipinski definition) is 0. The number of rotatable bonds is 6. The minimum absolute atomic E-state index is 0.0476. The first-order valence-corrected chi connectivity index (χ1v) is 13.9. The summed E-state index contributed by atoms with van der Waals surface area (Å²) in [7, 11) is 2.21. The van der Waals surface area contributed by atoms with Crippen molar-refractivity contribution in [3.05, 3.63) is 52.0 Å². The number of benzene rings is 2. The molecule has 43 heavy (non-hydrogen) atoms. The van der Waals surface area contributed by atoms with E-state index in [-0.39, 0.29) is 23.4 Å². The van der Waals surface area contributed by atoms with Crippen molar-refractivity contribution in [2.75, 3.05) is 48.5 Å². The number of amides is 3. The van der Waals surface area contributed by atoms with E-state index in [2.05, 4.69) is 20.7 Å². The molecule has 1 aliphatic rings. The quantitative estimate of drug-likeness (QED) is 0.266. The lowest BCUT2D eigenvalue weighted by Crippen LogP contribution is -2.50. The lowest BCUT2D eigenvalue weighted by Gasteiger charge is -2.31. The Bertz CT molecular complexity index is 1370. The molecule has 0 aromatic heterocycles. The van der Waals surface area contributed by atoms with Crippen LogP contribution in [0.4, 0.5) is 50.9 Å². The van der Waals surface area contributed by atoms with Gasteiger partial charge in [0.25, 0.3) is 5.91 Å². The van der Waals surface area contributed by atoms with Gasteiger partial charge in [-0.2, -0.15) is 46.9 Å². The van der Waals surface area contributed by atoms with Crippen LogP contribution < -0.4 is 14.5 Å². The number of hydrogen-bond acceptors (Lipinski definition) is 5. The van der Waals surface area contributed by atoms with Gasteiger partial charge in [-0.3, -0.25) is 14.4 Å². The molecule has 0 aliphatic carbocycles. The fourth-order valence-electron chi connectivity index (χ4n) is 4.08. The van der Waals surface area contributed by atoms with Crippen LogP contribution in [0.15, 0.2) is 40.9 Å². The molecular weight excluding hydrogens is 689 g/mol. The average Bonchev–Trinajstić information content (AvgIpc) is 2.93. The number of nitrogens with zero attached hydrogens (tertiary/aromatic N) is 3. The minimum atomic E-state index is -6.55. The third-order valence-electron chi connectivity index (χ3n) is 6.33. The van der Waals surface area contributed by atoms with Crippen LogP contribution >= 0.6 is 27.7 Å². The molecule has 18 heteroatoms. The monoisotopic (exact) mass is 709 g/mol. The summed E-state index contributed by atoms with van der Waals surface area (Å²) in [6.45, 7) is -3.08. The Morgan fingerprint density at radius 3 is 2.05 bits per heavy atom. The molecule has 0 spiro atoms. The van der Waals surface area contributed by atoms with E-state index in [0.717, 1.165) is 18.0 Å². The Labute approximate surface area is 251 Å². The van der Waals surface area contributed by atoms with Crippen molar-refractivity contribution in [1.82, 2.24) is 4.90 Å². The van der Waals surface area contributed by atoms with E-state index < -0.39 is 63.8 Å². The zero-order chi connectivity index (χ0) is 32.5. The number of ether oxygens (including phenoxy) is 1. The van der Waals surface area contributed by atoms with E-state index in [1.807, 2.05) is 0 Å². The maximum atomic E-state index is 14.7. The SMILES string of the molecule is CN(C(=O)C(=O)N1CCSCC1)c1cccc(C(=O)N(C)c2c(Br)cc(C(F)(C(F)(F)F)C(F)(F)F)cc2OC(F)F)c1. The van der Waals surface area contributed by atoms with Gasteiger partial charge >= 0.3 is 36.4 Å². The Morgan fingerprint density at radius 2 is 1.51 bits per heavy atom. The number of carbonyl (C=O) groups is 3. The van der Waals surface area contributed by atoms with Crippen LogP contribution in [0.2, 0.25) is 0 Å². The van der Waals surface area contributed by atoms with E-state index in [1.165, 1.54) is 30.1 Å². The fraction of sp³-hybridized carbons (Fsp3) is 0.400. The summed E-state index contributed by atoms with van der Waals surface area (Å²) < 4.78 is 124. The lowest BCUT2D eigenvalue weighted by atomic mass is 9.93. The van der Waals surface area contributed by atoms with Gasteiger partial charge in [0, 0.05) is 60.0 Å². The molecule has 1 heterocycles. The van der Waals surface area contributed by atoms with Gasteiger partial charge in [0.05, 0.1) is 0 Å². The van der Waals surface area contributed by atoms with Crippen LogP contribution in [0.25, 0.3) is 0 Å². The van der Waals surface area contributed by atoms with Crippen LogP contribution in [-0.2, 0) is 15.3 Å². The molecule has 1 saturated heterocycles. The maximum Gasteiger partial charge on any atom is 0.435 e. The topological polar surface area (TPSA) is 70.2 Å². The normalized spacial score (nSPS) is 14.5. The van der Waals surface area contributed by atoms with Gasteiger partial charge in [0.1, 0.15) is 5.69 Å². The van der Waals surface area contributed by atoms with Crippen molar-refractivity contribution in [2.24, 2.45) is 0 Å².